The number of hydrogen-bond donors (Lipinski definition) is 1. The zero-order chi connectivity index (χ0) is 21.9. The van der Waals surface area contributed by atoms with Crippen molar-refractivity contribution in [2.75, 3.05) is 32.9 Å². The van der Waals surface area contributed by atoms with Crippen molar-refractivity contribution in [2.45, 2.75) is 62.0 Å². The van der Waals surface area contributed by atoms with Gasteiger partial charge in [0, 0.05) is 44.6 Å². The van der Waals surface area contributed by atoms with Crippen LogP contribution in [-0.2, 0) is 19.4 Å². The topological polar surface area (TPSA) is 96.4 Å². The van der Waals surface area contributed by atoms with Gasteiger partial charge >= 0.3 is 0 Å². The van der Waals surface area contributed by atoms with E-state index in [1.54, 1.807) is 12.1 Å². The Labute approximate surface area is 178 Å². The number of likely N-dealkylation sites (tertiary alicyclic amines) is 1. The first-order valence-electron chi connectivity index (χ1n) is 10.4. The summed E-state index contributed by atoms with van der Waals surface area (Å²) >= 11 is 0. The maximum atomic E-state index is 12.6. The second-order valence-corrected chi connectivity index (χ2v) is 10.4. The third-order valence-electron chi connectivity index (χ3n) is 5.82. The Kier molecular flexibility index (Phi) is 7.38. The Hall–Kier alpha value is -1.68. The Bertz CT molecular complexity index is 818. The van der Waals surface area contributed by atoms with Crippen LogP contribution in [0, 0.1) is 0 Å². The number of ether oxygens (including phenoxy) is 2. The van der Waals surface area contributed by atoms with Crippen molar-refractivity contribution in [1.82, 2.24) is 9.80 Å². The maximum absolute atomic E-state index is 12.6. The number of aliphatic hydroxyl groups excluding tert-OH is 1. The summed E-state index contributed by atoms with van der Waals surface area (Å²) in [6.45, 7) is 3.77. The fraction of sp³-hybridized carbons (Fsp3) is 0.667. The number of rotatable bonds is 7. The van der Waals surface area contributed by atoms with Crippen LogP contribution in [0.5, 0.6) is 5.75 Å². The normalized spacial score (nSPS) is 27.4. The zero-order valence-electron chi connectivity index (χ0n) is 17.9. The van der Waals surface area contributed by atoms with E-state index < -0.39 is 16.1 Å². The summed E-state index contributed by atoms with van der Waals surface area (Å²) in [5.74, 6) is 0.703. The summed E-state index contributed by atoms with van der Waals surface area (Å²) in [6, 6.07) is 6.58. The molecule has 0 unspecified atom stereocenters. The van der Waals surface area contributed by atoms with Gasteiger partial charge in [0.05, 0.1) is 17.5 Å². The van der Waals surface area contributed by atoms with Crippen molar-refractivity contribution in [3.8, 4) is 5.75 Å². The summed E-state index contributed by atoms with van der Waals surface area (Å²) in [5, 5.41) is 9.79. The fourth-order valence-corrected chi connectivity index (χ4v) is 4.70. The van der Waals surface area contributed by atoms with Crippen LogP contribution in [0.4, 0.5) is 0 Å². The third kappa shape index (κ3) is 6.16. The van der Waals surface area contributed by atoms with Gasteiger partial charge in [-0.05, 0) is 44.7 Å². The zero-order valence-corrected chi connectivity index (χ0v) is 18.7. The van der Waals surface area contributed by atoms with E-state index in [2.05, 4.69) is 4.90 Å². The molecule has 0 saturated carbocycles. The van der Waals surface area contributed by atoms with E-state index in [9.17, 15) is 18.3 Å². The van der Waals surface area contributed by atoms with Crippen LogP contribution < -0.4 is 4.74 Å². The Morgan fingerprint density at radius 1 is 1.30 bits per heavy atom. The average Bonchev–Trinajstić information content (AvgIpc) is 3.13. The molecule has 8 nitrogen and oxygen atoms in total. The predicted molar refractivity (Wildman–Crippen MR) is 112 cm³/mol. The monoisotopic (exact) mass is 440 g/mol. The quantitative estimate of drug-likeness (QED) is 0.682. The number of nitrogens with zero attached hydrogens (tertiary/aromatic N) is 2. The minimum absolute atomic E-state index is 0.0138. The summed E-state index contributed by atoms with van der Waals surface area (Å²) in [5.41, 5.74) is 0. The van der Waals surface area contributed by atoms with Crippen LogP contribution in [0.1, 0.15) is 32.6 Å². The molecule has 9 heteroatoms. The highest BCUT2D eigenvalue weighted by molar-refractivity contribution is 7.90. The summed E-state index contributed by atoms with van der Waals surface area (Å²) in [4.78, 5) is 16.8. The number of aliphatic hydroxyl groups is 1. The number of carbonyl (C=O) groups excluding carboxylic acids is 1. The first-order valence-corrected chi connectivity index (χ1v) is 12.3. The number of carbonyl (C=O) groups is 1. The van der Waals surface area contributed by atoms with E-state index in [0.717, 1.165) is 12.8 Å². The van der Waals surface area contributed by atoms with Crippen molar-refractivity contribution in [2.24, 2.45) is 0 Å². The largest absolute Gasteiger partial charge is 0.489 e. The molecule has 1 amide bonds. The first-order chi connectivity index (χ1) is 14.1. The summed E-state index contributed by atoms with van der Waals surface area (Å²) in [6.07, 6.45) is 2.94. The lowest BCUT2D eigenvalue weighted by Crippen LogP contribution is -2.44. The van der Waals surface area contributed by atoms with Gasteiger partial charge in [0.25, 0.3) is 0 Å². The van der Waals surface area contributed by atoms with E-state index in [0.29, 0.717) is 38.2 Å². The lowest BCUT2D eigenvalue weighted by molar-refractivity contribution is -0.173. The average molecular weight is 441 g/mol. The molecule has 168 valence electrons. The van der Waals surface area contributed by atoms with E-state index >= 15 is 0 Å². The smallest absolute Gasteiger partial charge is 0.223 e. The molecule has 0 aromatic heterocycles. The SMILES string of the molecule is C[C@@H]1C[C@H](N(C)CCC(=O)N2CC[C@@H](Oc3ccc(S(C)(=O)=O)cc3)C2)C[C@H](O)O1. The maximum Gasteiger partial charge on any atom is 0.223 e. The van der Waals surface area contributed by atoms with E-state index in [4.69, 9.17) is 9.47 Å². The standard InChI is InChI=1S/C21H32N2O6S/c1-15-12-16(13-21(25)28-15)22(2)10-9-20(24)23-11-8-18(14-23)29-17-4-6-19(7-5-17)30(3,26)27/h4-7,15-16,18,21,25H,8-14H2,1-3H3/t15-,16+,18-,21-/m1/s1. The molecule has 0 bridgehead atoms. The molecule has 2 saturated heterocycles. The molecule has 3 rings (SSSR count). The molecule has 30 heavy (non-hydrogen) atoms. The van der Waals surface area contributed by atoms with Crippen LogP contribution >= 0.6 is 0 Å². The molecular weight excluding hydrogens is 408 g/mol. The second kappa shape index (κ2) is 9.64. The number of amides is 1. The van der Waals surface area contributed by atoms with Crippen molar-refractivity contribution >= 4 is 15.7 Å². The highest BCUT2D eigenvalue weighted by Crippen LogP contribution is 2.23. The third-order valence-corrected chi connectivity index (χ3v) is 6.95. The molecule has 2 aliphatic heterocycles. The van der Waals surface area contributed by atoms with Crippen molar-refractivity contribution in [3.63, 3.8) is 0 Å². The van der Waals surface area contributed by atoms with Gasteiger partial charge in [-0.3, -0.25) is 4.79 Å². The molecule has 2 fully saturated rings. The highest BCUT2D eigenvalue weighted by atomic mass is 32.2. The predicted octanol–water partition coefficient (Wildman–Crippen LogP) is 1.28. The Morgan fingerprint density at radius 2 is 2.00 bits per heavy atom. The molecule has 4 atom stereocenters. The lowest BCUT2D eigenvalue weighted by Gasteiger charge is -2.36. The van der Waals surface area contributed by atoms with Crippen LogP contribution in [0.3, 0.4) is 0 Å². The highest BCUT2D eigenvalue weighted by Gasteiger charge is 2.30. The minimum atomic E-state index is -3.23. The molecule has 1 aromatic rings. The van der Waals surface area contributed by atoms with Crippen LogP contribution in [0.25, 0.3) is 0 Å². The Morgan fingerprint density at radius 3 is 2.63 bits per heavy atom. The van der Waals surface area contributed by atoms with Crippen LogP contribution in [0.2, 0.25) is 0 Å². The molecule has 2 heterocycles. The molecule has 0 radical (unpaired) electrons. The minimum Gasteiger partial charge on any atom is -0.489 e. The molecule has 1 aromatic carbocycles. The van der Waals surface area contributed by atoms with Crippen molar-refractivity contribution in [3.05, 3.63) is 24.3 Å². The second-order valence-electron chi connectivity index (χ2n) is 8.37. The van der Waals surface area contributed by atoms with E-state index in [-0.39, 0.29) is 29.1 Å². The molecular formula is C21H32N2O6S. The van der Waals surface area contributed by atoms with Gasteiger partial charge in [0.15, 0.2) is 16.1 Å². The number of sulfone groups is 1. The summed E-state index contributed by atoms with van der Waals surface area (Å²) < 4.78 is 34.4. The van der Waals surface area contributed by atoms with E-state index in [1.807, 2.05) is 18.9 Å². The molecule has 0 aliphatic carbocycles. The molecule has 2 aliphatic rings. The lowest BCUT2D eigenvalue weighted by atomic mass is 10.0. The number of hydrogen-bond acceptors (Lipinski definition) is 7. The molecule has 0 spiro atoms. The van der Waals surface area contributed by atoms with Gasteiger partial charge in [-0.2, -0.15) is 0 Å². The van der Waals surface area contributed by atoms with Crippen molar-refractivity contribution < 1.29 is 27.8 Å². The van der Waals surface area contributed by atoms with Gasteiger partial charge in [-0.25, -0.2) is 8.42 Å². The van der Waals surface area contributed by atoms with E-state index in [1.165, 1.54) is 18.4 Å². The van der Waals surface area contributed by atoms with Gasteiger partial charge in [-0.1, -0.05) is 0 Å². The van der Waals surface area contributed by atoms with Crippen LogP contribution in [0.15, 0.2) is 29.2 Å². The summed E-state index contributed by atoms with van der Waals surface area (Å²) in [7, 11) is -1.24. The number of benzene rings is 1. The Balaban J connectivity index is 1.44. The first kappa shape index (κ1) is 23.0. The van der Waals surface area contributed by atoms with Crippen LogP contribution in [-0.4, -0.2) is 86.7 Å². The van der Waals surface area contributed by atoms with Crippen molar-refractivity contribution in [1.29, 1.82) is 0 Å². The fourth-order valence-electron chi connectivity index (χ4n) is 4.07. The van der Waals surface area contributed by atoms with Gasteiger partial charge in [0.1, 0.15) is 11.9 Å². The van der Waals surface area contributed by atoms with Gasteiger partial charge in [0.2, 0.25) is 5.91 Å². The van der Waals surface area contributed by atoms with Gasteiger partial charge < -0.3 is 24.4 Å². The molecule has 1 N–H and O–H groups in total. The van der Waals surface area contributed by atoms with Gasteiger partial charge in [-0.15, -0.1) is 0 Å².